The Labute approximate surface area is 127 Å². The van der Waals surface area contributed by atoms with Crippen LogP contribution in [0.4, 0.5) is 0 Å². The summed E-state index contributed by atoms with van der Waals surface area (Å²) >= 11 is 0. The lowest BCUT2D eigenvalue weighted by Gasteiger charge is -2.27. The average Bonchev–Trinajstić information content (AvgIpc) is 2.47. The summed E-state index contributed by atoms with van der Waals surface area (Å²) in [6.45, 7) is 2.99. The molecule has 2 N–H and O–H groups in total. The molecular formula is C18H24N2O. The van der Waals surface area contributed by atoms with E-state index in [9.17, 15) is 5.11 Å². The minimum Gasteiger partial charge on any atom is -0.508 e. The van der Waals surface area contributed by atoms with Crippen LogP contribution in [0.2, 0.25) is 0 Å². The normalized spacial score (nSPS) is 14.1. The summed E-state index contributed by atoms with van der Waals surface area (Å²) in [6.07, 6.45) is 0. The van der Waals surface area contributed by atoms with Crippen molar-refractivity contribution in [1.82, 2.24) is 10.2 Å². The van der Waals surface area contributed by atoms with E-state index >= 15 is 0 Å². The summed E-state index contributed by atoms with van der Waals surface area (Å²) in [5.41, 5.74) is 2.19. The van der Waals surface area contributed by atoms with E-state index in [4.69, 9.17) is 0 Å². The molecule has 0 amide bonds. The molecular weight excluding hydrogens is 260 g/mol. The van der Waals surface area contributed by atoms with E-state index in [1.54, 1.807) is 6.07 Å². The van der Waals surface area contributed by atoms with Crippen molar-refractivity contribution in [2.75, 3.05) is 20.6 Å². The van der Waals surface area contributed by atoms with Gasteiger partial charge in [0.2, 0.25) is 0 Å². The number of benzene rings is 2. The number of aromatic hydroxyl groups is 1. The first-order valence-electron chi connectivity index (χ1n) is 7.31. The Bertz CT molecular complexity index is 554. The van der Waals surface area contributed by atoms with Crippen molar-refractivity contribution >= 4 is 0 Å². The SMILES string of the molecule is CC(NC(CN(C)C)c1ccccc1)c1ccccc1O. The van der Waals surface area contributed by atoms with Crippen LogP contribution in [0.5, 0.6) is 5.75 Å². The first kappa shape index (κ1) is 15.5. The summed E-state index contributed by atoms with van der Waals surface area (Å²) in [6, 6.07) is 18.2. The standard InChI is InChI=1S/C18H24N2O/c1-14(16-11-7-8-12-18(16)21)19-17(13-20(2)3)15-9-5-4-6-10-15/h4-12,14,17,19,21H,13H2,1-3H3. The van der Waals surface area contributed by atoms with Gasteiger partial charge in [0.25, 0.3) is 0 Å². The largest absolute Gasteiger partial charge is 0.508 e. The molecule has 0 heterocycles. The van der Waals surface area contributed by atoms with Crippen molar-refractivity contribution in [2.24, 2.45) is 0 Å². The van der Waals surface area contributed by atoms with Crippen LogP contribution in [0.1, 0.15) is 30.1 Å². The minimum absolute atomic E-state index is 0.0800. The van der Waals surface area contributed by atoms with Crippen LogP contribution in [-0.4, -0.2) is 30.6 Å². The third-order valence-corrected chi connectivity index (χ3v) is 3.60. The van der Waals surface area contributed by atoms with E-state index in [0.717, 1.165) is 12.1 Å². The van der Waals surface area contributed by atoms with E-state index in [0.29, 0.717) is 5.75 Å². The van der Waals surface area contributed by atoms with E-state index in [1.165, 1.54) is 5.56 Å². The summed E-state index contributed by atoms with van der Waals surface area (Å²) in [5.74, 6) is 0.342. The maximum absolute atomic E-state index is 10.00. The molecule has 0 fully saturated rings. The Balaban J connectivity index is 2.17. The number of hydrogen-bond donors (Lipinski definition) is 2. The minimum atomic E-state index is 0.0800. The highest BCUT2D eigenvalue weighted by Crippen LogP contribution is 2.26. The molecule has 2 unspecified atom stereocenters. The van der Waals surface area contributed by atoms with Crippen LogP contribution in [0.25, 0.3) is 0 Å². The van der Waals surface area contributed by atoms with Crippen LogP contribution < -0.4 is 5.32 Å². The number of phenolic OH excluding ortho intramolecular Hbond substituents is 1. The lowest BCUT2D eigenvalue weighted by Crippen LogP contribution is -2.32. The summed E-state index contributed by atoms with van der Waals surface area (Å²) < 4.78 is 0. The molecule has 0 spiro atoms. The zero-order valence-corrected chi connectivity index (χ0v) is 13.0. The average molecular weight is 284 g/mol. The Morgan fingerprint density at radius 2 is 1.62 bits per heavy atom. The maximum Gasteiger partial charge on any atom is 0.120 e. The van der Waals surface area contributed by atoms with Gasteiger partial charge in [0.1, 0.15) is 5.75 Å². The predicted octanol–water partition coefficient (Wildman–Crippen LogP) is 3.35. The molecule has 2 aromatic rings. The van der Waals surface area contributed by atoms with Crippen LogP contribution in [0.15, 0.2) is 54.6 Å². The quantitative estimate of drug-likeness (QED) is 0.854. The Morgan fingerprint density at radius 3 is 2.24 bits per heavy atom. The zero-order valence-electron chi connectivity index (χ0n) is 13.0. The van der Waals surface area contributed by atoms with Crippen LogP contribution in [-0.2, 0) is 0 Å². The predicted molar refractivity (Wildman–Crippen MR) is 87.4 cm³/mol. The van der Waals surface area contributed by atoms with Crippen LogP contribution in [0.3, 0.4) is 0 Å². The van der Waals surface area contributed by atoms with Gasteiger partial charge in [-0.05, 0) is 32.6 Å². The molecule has 2 aromatic carbocycles. The van der Waals surface area contributed by atoms with Crippen molar-refractivity contribution in [3.63, 3.8) is 0 Å². The fraction of sp³-hybridized carbons (Fsp3) is 0.333. The monoisotopic (exact) mass is 284 g/mol. The van der Waals surface area contributed by atoms with E-state index in [1.807, 2.05) is 24.3 Å². The number of likely N-dealkylation sites (N-methyl/N-ethyl adjacent to an activating group) is 1. The molecule has 0 aliphatic heterocycles. The van der Waals surface area contributed by atoms with E-state index in [-0.39, 0.29) is 12.1 Å². The molecule has 0 aromatic heterocycles. The second-order valence-corrected chi connectivity index (χ2v) is 5.67. The van der Waals surface area contributed by atoms with Gasteiger partial charge in [-0.3, -0.25) is 0 Å². The van der Waals surface area contributed by atoms with Gasteiger partial charge in [-0.2, -0.15) is 0 Å². The molecule has 0 saturated carbocycles. The Kier molecular flexibility index (Phi) is 5.37. The number of para-hydroxylation sites is 1. The van der Waals surface area contributed by atoms with Gasteiger partial charge < -0.3 is 15.3 Å². The van der Waals surface area contributed by atoms with Gasteiger partial charge in [0, 0.05) is 24.2 Å². The molecule has 0 aliphatic carbocycles. The highest BCUT2D eigenvalue weighted by Gasteiger charge is 2.17. The third-order valence-electron chi connectivity index (χ3n) is 3.60. The van der Waals surface area contributed by atoms with E-state index in [2.05, 4.69) is 55.5 Å². The second kappa shape index (κ2) is 7.25. The maximum atomic E-state index is 10.00. The van der Waals surface area contributed by atoms with Crippen LogP contribution >= 0.6 is 0 Å². The summed E-state index contributed by atoms with van der Waals surface area (Å²) in [7, 11) is 4.14. The molecule has 0 bridgehead atoms. The third kappa shape index (κ3) is 4.31. The van der Waals surface area contributed by atoms with E-state index < -0.39 is 0 Å². The highest BCUT2D eigenvalue weighted by molar-refractivity contribution is 5.34. The topological polar surface area (TPSA) is 35.5 Å². The molecule has 0 radical (unpaired) electrons. The van der Waals surface area contributed by atoms with Gasteiger partial charge in [-0.25, -0.2) is 0 Å². The smallest absolute Gasteiger partial charge is 0.120 e. The van der Waals surface area contributed by atoms with Crippen molar-refractivity contribution in [2.45, 2.75) is 19.0 Å². The number of hydrogen-bond acceptors (Lipinski definition) is 3. The Hall–Kier alpha value is -1.84. The molecule has 21 heavy (non-hydrogen) atoms. The van der Waals surface area contributed by atoms with Gasteiger partial charge in [0.15, 0.2) is 0 Å². The van der Waals surface area contributed by atoms with Crippen molar-refractivity contribution in [3.05, 3.63) is 65.7 Å². The van der Waals surface area contributed by atoms with Gasteiger partial charge in [-0.1, -0.05) is 48.5 Å². The number of rotatable bonds is 6. The molecule has 3 nitrogen and oxygen atoms in total. The molecule has 0 saturated heterocycles. The number of nitrogens with zero attached hydrogens (tertiary/aromatic N) is 1. The van der Waals surface area contributed by atoms with Gasteiger partial charge in [-0.15, -0.1) is 0 Å². The molecule has 112 valence electrons. The van der Waals surface area contributed by atoms with Crippen LogP contribution in [0, 0.1) is 0 Å². The lowest BCUT2D eigenvalue weighted by atomic mass is 10.0. The summed E-state index contributed by atoms with van der Waals surface area (Å²) in [5, 5.41) is 13.6. The molecule has 2 rings (SSSR count). The zero-order chi connectivity index (χ0) is 15.2. The number of phenols is 1. The highest BCUT2D eigenvalue weighted by atomic mass is 16.3. The van der Waals surface area contributed by atoms with Gasteiger partial charge >= 0.3 is 0 Å². The lowest BCUT2D eigenvalue weighted by molar-refractivity contribution is 0.323. The van der Waals surface area contributed by atoms with Crippen molar-refractivity contribution < 1.29 is 5.11 Å². The van der Waals surface area contributed by atoms with Crippen molar-refractivity contribution in [1.29, 1.82) is 0 Å². The fourth-order valence-corrected chi connectivity index (χ4v) is 2.55. The fourth-order valence-electron chi connectivity index (χ4n) is 2.55. The summed E-state index contributed by atoms with van der Waals surface area (Å²) in [4.78, 5) is 2.17. The second-order valence-electron chi connectivity index (χ2n) is 5.67. The van der Waals surface area contributed by atoms with Crippen molar-refractivity contribution in [3.8, 4) is 5.75 Å². The number of nitrogens with one attached hydrogen (secondary N) is 1. The van der Waals surface area contributed by atoms with Gasteiger partial charge in [0.05, 0.1) is 0 Å². The molecule has 0 aliphatic rings. The first-order chi connectivity index (χ1) is 10.1. The molecule has 3 heteroatoms. The Morgan fingerprint density at radius 1 is 1.00 bits per heavy atom. The molecule has 2 atom stereocenters. The first-order valence-corrected chi connectivity index (χ1v) is 7.31.